The van der Waals surface area contributed by atoms with E-state index < -0.39 is 46.4 Å². The number of halogens is 5. The molecule has 0 aliphatic carbocycles. The highest BCUT2D eigenvalue weighted by molar-refractivity contribution is 5.91. The zero-order valence-corrected chi connectivity index (χ0v) is 18.1. The molecule has 0 amide bonds. The van der Waals surface area contributed by atoms with Crippen molar-refractivity contribution in [3.05, 3.63) is 94.3 Å². The third-order valence-corrected chi connectivity index (χ3v) is 4.69. The van der Waals surface area contributed by atoms with Crippen LogP contribution in [0.25, 0.3) is 0 Å². The first-order chi connectivity index (χ1) is 16.3. The maximum absolute atomic E-state index is 14.3. The van der Waals surface area contributed by atoms with Crippen LogP contribution < -0.4 is 9.47 Å². The predicted octanol–water partition coefficient (Wildman–Crippen LogP) is 6.57. The minimum Gasteiger partial charge on any atom is -0.487 e. The number of hydrogen-bond acceptors (Lipinski definition) is 3. The van der Waals surface area contributed by atoms with Crippen molar-refractivity contribution in [1.29, 1.82) is 0 Å². The summed E-state index contributed by atoms with van der Waals surface area (Å²) in [5.74, 6) is -4.28. The van der Waals surface area contributed by atoms with Gasteiger partial charge in [0.25, 0.3) is 0 Å². The quantitative estimate of drug-likeness (QED) is 0.0971. The van der Waals surface area contributed by atoms with Gasteiger partial charge in [0.05, 0.1) is 12.2 Å². The highest BCUT2D eigenvalue weighted by atomic mass is 19.2. The van der Waals surface area contributed by atoms with Crippen LogP contribution in [0.3, 0.4) is 0 Å². The molecular weight excluding hydrogens is 455 g/mol. The van der Waals surface area contributed by atoms with Gasteiger partial charge in [0, 0.05) is 5.56 Å². The summed E-state index contributed by atoms with van der Waals surface area (Å²) in [7, 11) is 0. The van der Waals surface area contributed by atoms with Crippen LogP contribution in [-0.2, 0) is 0 Å². The lowest BCUT2D eigenvalue weighted by molar-refractivity contribution is 0.0734. The molecule has 0 saturated heterocycles. The Morgan fingerprint density at radius 2 is 1.41 bits per heavy atom. The van der Waals surface area contributed by atoms with E-state index in [0.717, 1.165) is 25.0 Å². The van der Waals surface area contributed by atoms with E-state index in [1.54, 1.807) is 0 Å². The molecule has 3 aromatic rings. The third kappa shape index (κ3) is 5.93. The highest BCUT2D eigenvalue weighted by Gasteiger charge is 2.26. The smallest absolute Gasteiger partial charge is 0.343 e. The van der Waals surface area contributed by atoms with Crippen molar-refractivity contribution in [1.82, 2.24) is 0 Å². The lowest BCUT2D eigenvalue weighted by Crippen LogP contribution is -2.08. The minimum absolute atomic E-state index is 0.0797. The normalized spacial score (nSPS) is 10.4. The molecule has 0 aliphatic heterocycles. The van der Waals surface area contributed by atoms with Crippen LogP contribution in [0.5, 0.6) is 11.5 Å². The SMILES string of the molecule is CCCCCOc1c(F)c(F)c(C#Cc2ccc(OC(=O)c3ccc(F)cc3)cc2)c(F)c1F. The van der Waals surface area contributed by atoms with Crippen molar-refractivity contribution >= 4 is 5.97 Å². The van der Waals surface area contributed by atoms with E-state index in [1.165, 1.54) is 36.4 Å². The van der Waals surface area contributed by atoms with Crippen molar-refractivity contribution in [3.63, 3.8) is 0 Å². The van der Waals surface area contributed by atoms with E-state index in [2.05, 4.69) is 11.8 Å². The van der Waals surface area contributed by atoms with E-state index in [9.17, 15) is 26.7 Å². The molecule has 0 radical (unpaired) electrons. The lowest BCUT2D eigenvalue weighted by Gasteiger charge is -2.10. The van der Waals surface area contributed by atoms with Crippen molar-refractivity contribution in [2.45, 2.75) is 26.2 Å². The summed E-state index contributed by atoms with van der Waals surface area (Å²) < 4.78 is 80.1. The van der Waals surface area contributed by atoms with Crippen molar-refractivity contribution in [3.8, 4) is 23.3 Å². The topological polar surface area (TPSA) is 35.5 Å². The van der Waals surface area contributed by atoms with Crippen LogP contribution in [-0.4, -0.2) is 12.6 Å². The standard InChI is InChI=1S/C26H19F5O3/c1-2-3-4-15-33-25-23(30)21(28)20(22(29)24(25)31)14-7-16-5-12-19(13-6-16)34-26(32)17-8-10-18(27)11-9-17/h5-6,8-13H,2-4,15H2,1H3. The van der Waals surface area contributed by atoms with Gasteiger partial charge in [0.1, 0.15) is 17.1 Å². The molecule has 34 heavy (non-hydrogen) atoms. The van der Waals surface area contributed by atoms with Gasteiger partial charge < -0.3 is 9.47 Å². The summed E-state index contributed by atoms with van der Waals surface area (Å²) in [5.41, 5.74) is -0.693. The molecule has 0 spiro atoms. The minimum atomic E-state index is -1.65. The Balaban J connectivity index is 1.75. The van der Waals surface area contributed by atoms with Crippen LogP contribution in [0.1, 0.15) is 47.7 Å². The van der Waals surface area contributed by atoms with Gasteiger partial charge in [-0.3, -0.25) is 0 Å². The van der Waals surface area contributed by atoms with E-state index in [-0.39, 0.29) is 23.5 Å². The van der Waals surface area contributed by atoms with E-state index in [1.807, 2.05) is 6.92 Å². The summed E-state index contributed by atoms with van der Waals surface area (Å²) in [6, 6.07) is 10.3. The number of carbonyl (C=O) groups is 1. The van der Waals surface area contributed by atoms with Gasteiger partial charge in [-0.1, -0.05) is 31.6 Å². The highest BCUT2D eigenvalue weighted by Crippen LogP contribution is 2.30. The number of esters is 1. The van der Waals surface area contributed by atoms with Crippen LogP contribution in [0.15, 0.2) is 48.5 Å². The van der Waals surface area contributed by atoms with E-state index in [0.29, 0.717) is 6.42 Å². The molecule has 0 aliphatic rings. The molecule has 0 saturated carbocycles. The second kappa shape index (κ2) is 11.3. The zero-order chi connectivity index (χ0) is 24.7. The second-order valence-corrected chi connectivity index (χ2v) is 7.19. The molecule has 0 fully saturated rings. The van der Waals surface area contributed by atoms with Gasteiger partial charge >= 0.3 is 5.97 Å². The van der Waals surface area contributed by atoms with Crippen molar-refractivity contribution in [2.24, 2.45) is 0 Å². The fraction of sp³-hybridized carbons (Fsp3) is 0.192. The molecule has 8 heteroatoms. The monoisotopic (exact) mass is 474 g/mol. The molecule has 176 valence electrons. The number of hydrogen-bond donors (Lipinski definition) is 0. The van der Waals surface area contributed by atoms with E-state index >= 15 is 0 Å². The number of ether oxygens (including phenoxy) is 2. The van der Waals surface area contributed by atoms with Crippen LogP contribution in [0.4, 0.5) is 22.0 Å². The predicted molar refractivity (Wildman–Crippen MR) is 115 cm³/mol. The molecule has 0 atom stereocenters. The average molecular weight is 474 g/mol. The Bertz CT molecular complexity index is 1200. The summed E-state index contributed by atoms with van der Waals surface area (Å²) in [6.07, 6.45) is 2.06. The molecule has 0 bridgehead atoms. The molecule has 3 rings (SSSR count). The van der Waals surface area contributed by atoms with Gasteiger partial charge in [-0.25, -0.2) is 18.0 Å². The van der Waals surface area contributed by atoms with Gasteiger partial charge in [-0.05, 0) is 55.0 Å². The largest absolute Gasteiger partial charge is 0.487 e. The molecular formula is C26H19F5O3. The first-order valence-corrected chi connectivity index (χ1v) is 10.4. The van der Waals surface area contributed by atoms with Gasteiger partial charge in [-0.2, -0.15) is 8.78 Å². The maximum Gasteiger partial charge on any atom is 0.343 e. The summed E-state index contributed by atoms with van der Waals surface area (Å²) >= 11 is 0. The maximum atomic E-state index is 14.3. The Hall–Kier alpha value is -3.86. The van der Waals surface area contributed by atoms with Gasteiger partial charge in [0.15, 0.2) is 17.4 Å². The van der Waals surface area contributed by atoms with Crippen LogP contribution in [0.2, 0.25) is 0 Å². The molecule has 3 aromatic carbocycles. The number of carbonyl (C=O) groups excluding carboxylic acids is 1. The van der Waals surface area contributed by atoms with Crippen molar-refractivity contribution in [2.75, 3.05) is 6.61 Å². The molecule has 0 aromatic heterocycles. The third-order valence-electron chi connectivity index (χ3n) is 4.69. The van der Waals surface area contributed by atoms with Crippen molar-refractivity contribution < 1.29 is 36.2 Å². The number of unbranched alkanes of at least 4 members (excludes halogenated alkanes) is 2. The average Bonchev–Trinajstić information content (AvgIpc) is 2.83. The first-order valence-electron chi connectivity index (χ1n) is 10.4. The first kappa shape index (κ1) is 24.8. The van der Waals surface area contributed by atoms with Gasteiger partial charge in [0.2, 0.25) is 11.6 Å². The van der Waals surface area contributed by atoms with Crippen LogP contribution in [0, 0.1) is 40.9 Å². The molecule has 0 N–H and O–H groups in total. The van der Waals surface area contributed by atoms with Gasteiger partial charge in [-0.15, -0.1) is 0 Å². The van der Waals surface area contributed by atoms with Crippen LogP contribution >= 0.6 is 0 Å². The summed E-state index contributed by atoms with van der Waals surface area (Å²) in [4.78, 5) is 12.0. The lowest BCUT2D eigenvalue weighted by atomic mass is 10.1. The fourth-order valence-corrected chi connectivity index (χ4v) is 2.87. The molecule has 0 heterocycles. The zero-order valence-electron chi connectivity index (χ0n) is 18.1. The summed E-state index contributed by atoms with van der Waals surface area (Å²) in [5, 5.41) is 0. The second-order valence-electron chi connectivity index (χ2n) is 7.19. The Morgan fingerprint density at radius 3 is 2.00 bits per heavy atom. The van der Waals surface area contributed by atoms with E-state index in [4.69, 9.17) is 9.47 Å². The number of benzene rings is 3. The Kier molecular flexibility index (Phi) is 8.25. The summed E-state index contributed by atoms with van der Waals surface area (Å²) in [6.45, 7) is 1.84. The number of rotatable bonds is 7. The molecule has 3 nitrogen and oxygen atoms in total. The Labute approximate surface area is 193 Å². The Morgan fingerprint density at radius 1 is 0.794 bits per heavy atom. The molecule has 0 unspecified atom stereocenters. The fourth-order valence-electron chi connectivity index (χ4n) is 2.87.